The minimum atomic E-state index is -0.0109. The molecule has 19 heavy (non-hydrogen) atoms. The van der Waals surface area contributed by atoms with Crippen LogP contribution in [0.2, 0.25) is 0 Å². The fourth-order valence-corrected chi connectivity index (χ4v) is 3.06. The van der Waals surface area contributed by atoms with Gasteiger partial charge in [-0.15, -0.1) is 0 Å². The van der Waals surface area contributed by atoms with E-state index in [0.717, 1.165) is 11.3 Å². The Morgan fingerprint density at radius 3 is 2.32 bits per heavy atom. The molecule has 3 heteroatoms. The Labute approximate surface area is 115 Å². The maximum absolute atomic E-state index is 12.4. The lowest BCUT2D eigenvalue weighted by Crippen LogP contribution is -2.30. The van der Waals surface area contributed by atoms with Crippen LogP contribution in [0.5, 0.6) is 0 Å². The van der Waals surface area contributed by atoms with Gasteiger partial charge in [-0.2, -0.15) is 0 Å². The van der Waals surface area contributed by atoms with Gasteiger partial charge in [0.1, 0.15) is 0 Å². The third-order valence-corrected chi connectivity index (χ3v) is 5.05. The second-order valence-corrected chi connectivity index (χ2v) is 6.78. The van der Waals surface area contributed by atoms with Crippen molar-refractivity contribution in [2.45, 2.75) is 40.7 Å². The van der Waals surface area contributed by atoms with E-state index < -0.39 is 0 Å². The topological polar surface area (TPSA) is 55.1 Å². The highest BCUT2D eigenvalue weighted by Crippen LogP contribution is 2.68. The van der Waals surface area contributed by atoms with E-state index in [1.165, 1.54) is 0 Å². The molecule has 0 aliphatic heterocycles. The van der Waals surface area contributed by atoms with Crippen LogP contribution in [0.25, 0.3) is 0 Å². The van der Waals surface area contributed by atoms with Crippen LogP contribution in [0.4, 0.5) is 5.69 Å². The van der Waals surface area contributed by atoms with Gasteiger partial charge in [0.15, 0.2) is 0 Å². The van der Waals surface area contributed by atoms with Gasteiger partial charge in [0, 0.05) is 11.6 Å². The number of nitrogens with two attached hydrogens (primary N) is 1. The van der Waals surface area contributed by atoms with Crippen molar-refractivity contribution in [3.63, 3.8) is 0 Å². The number of hydrogen-bond donors (Lipinski definition) is 2. The second-order valence-electron chi connectivity index (χ2n) is 6.78. The maximum atomic E-state index is 12.4. The van der Waals surface area contributed by atoms with E-state index in [1.54, 1.807) is 0 Å². The molecule has 1 aromatic carbocycles. The molecule has 1 aromatic rings. The number of anilines is 1. The summed E-state index contributed by atoms with van der Waals surface area (Å²) < 4.78 is 0. The van der Waals surface area contributed by atoms with Crippen LogP contribution in [0.3, 0.4) is 0 Å². The van der Waals surface area contributed by atoms with Crippen molar-refractivity contribution >= 4 is 11.6 Å². The smallest absolute Gasteiger partial charge is 0.224 e. The molecule has 1 fully saturated rings. The molecule has 0 aromatic heterocycles. The normalized spacial score (nSPS) is 21.7. The van der Waals surface area contributed by atoms with Crippen molar-refractivity contribution in [2.24, 2.45) is 16.7 Å². The van der Waals surface area contributed by atoms with Crippen molar-refractivity contribution in [3.8, 4) is 0 Å². The molecular weight excluding hydrogens is 236 g/mol. The number of benzene rings is 1. The molecule has 0 spiro atoms. The number of rotatable bonds is 3. The zero-order chi connectivity index (χ0) is 14.4. The number of carbonyl (C=O) groups is 1. The minimum Gasteiger partial charge on any atom is -0.399 e. The van der Waals surface area contributed by atoms with Crippen molar-refractivity contribution in [3.05, 3.63) is 29.8 Å². The Hall–Kier alpha value is -1.51. The summed E-state index contributed by atoms with van der Waals surface area (Å²) in [6, 6.07) is 7.66. The van der Waals surface area contributed by atoms with Crippen molar-refractivity contribution < 1.29 is 4.79 Å². The molecule has 0 radical (unpaired) electrons. The molecule has 1 atom stereocenters. The molecule has 1 amide bonds. The van der Waals surface area contributed by atoms with Gasteiger partial charge < -0.3 is 11.1 Å². The largest absolute Gasteiger partial charge is 0.399 e. The van der Waals surface area contributed by atoms with Crippen LogP contribution in [-0.4, -0.2) is 5.91 Å². The Bertz CT molecular complexity index is 491. The number of amides is 1. The van der Waals surface area contributed by atoms with Gasteiger partial charge >= 0.3 is 0 Å². The summed E-state index contributed by atoms with van der Waals surface area (Å²) in [6.45, 7) is 10.6. The number of carbonyl (C=O) groups excluding carboxylic acids is 1. The van der Waals surface area contributed by atoms with Gasteiger partial charge in [-0.1, -0.05) is 39.8 Å². The fraction of sp³-hybridized carbons (Fsp3) is 0.562. The van der Waals surface area contributed by atoms with Gasteiger partial charge in [0.2, 0.25) is 5.91 Å². The van der Waals surface area contributed by atoms with Gasteiger partial charge in [-0.25, -0.2) is 0 Å². The second kappa shape index (κ2) is 4.26. The number of nitrogens with one attached hydrogen (secondary N) is 1. The van der Waals surface area contributed by atoms with E-state index in [2.05, 4.69) is 33.0 Å². The van der Waals surface area contributed by atoms with Gasteiger partial charge in [0.25, 0.3) is 0 Å². The lowest BCUT2D eigenvalue weighted by molar-refractivity contribution is -0.124. The Kier molecular flexibility index (Phi) is 3.12. The van der Waals surface area contributed by atoms with E-state index in [4.69, 9.17) is 5.73 Å². The zero-order valence-electron chi connectivity index (χ0n) is 12.4. The van der Waals surface area contributed by atoms with Gasteiger partial charge in [0.05, 0.1) is 6.04 Å². The summed E-state index contributed by atoms with van der Waals surface area (Å²) in [5.74, 6) is 0.230. The third kappa shape index (κ3) is 2.22. The third-order valence-electron chi connectivity index (χ3n) is 5.05. The van der Waals surface area contributed by atoms with E-state index in [1.807, 2.05) is 31.2 Å². The molecule has 104 valence electrons. The predicted octanol–water partition coefficient (Wildman–Crippen LogP) is 3.13. The van der Waals surface area contributed by atoms with Crippen LogP contribution in [0, 0.1) is 16.7 Å². The number of hydrogen-bond acceptors (Lipinski definition) is 2. The lowest BCUT2D eigenvalue weighted by Gasteiger charge is -2.15. The Morgan fingerprint density at radius 1 is 1.26 bits per heavy atom. The average molecular weight is 260 g/mol. The summed E-state index contributed by atoms with van der Waals surface area (Å²) in [5, 5.41) is 3.10. The van der Waals surface area contributed by atoms with Gasteiger partial charge in [-0.05, 0) is 35.4 Å². The molecule has 3 N–H and O–H groups in total. The summed E-state index contributed by atoms with van der Waals surface area (Å²) in [6.07, 6.45) is 0. The summed E-state index contributed by atoms with van der Waals surface area (Å²) in [7, 11) is 0. The van der Waals surface area contributed by atoms with Crippen LogP contribution in [0.15, 0.2) is 24.3 Å². The molecule has 1 saturated carbocycles. The van der Waals surface area contributed by atoms with E-state index in [9.17, 15) is 4.79 Å². The summed E-state index contributed by atoms with van der Waals surface area (Å²) in [5.41, 5.74) is 7.70. The average Bonchev–Trinajstić information content (AvgIpc) is 2.69. The van der Waals surface area contributed by atoms with Crippen LogP contribution < -0.4 is 11.1 Å². The highest BCUT2D eigenvalue weighted by atomic mass is 16.2. The quantitative estimate of drug-likeness (QED) is 0.820. The standard InChI is InChI=1S/C16H24N2O/c1-10(11-7-6-8-12(17)9-11)18-14(19)13-15(2,3)16(13,4)5/h6-10,13H,17H2,1-5H3,(H,18,19). The summed E-state index contributed by atoms with van der Waals surface area (Å²) in [4.78, 5) is 12.4. The summed E-state index contributed by atoms with van der Waals surface area (Å²) >= 11 is 0. The molecule has 1 aliphatic rings. The first-order valence-corrected chi connectivity index (χ1v) is 6.83. The van der Waals surface area contributed by atoms with E-state index in [-0.39, 0.29) is 28.7 Å². The molecule has 0 saturated heterocycles. The molecule has 0 heterocycles. The first kappa shape index (κ1) is 13.9. The number of nitrogen functional groups attached to an aromatic ring is 1. The molecule has 1 aliphatic carbocycles. The molecule has 0 bridgehead atoms. The van der Waals surface area contributed by atoms with Crippen LogP contribution in [-0.2, 0) is 4.79 Å². The Balaban J connectivity index is 2.05. The van der Waals surface area contributed by atoms with Crippen molar-refractivity contribution in [2.75, 3.05) is 5.73 Å². The Morgan fingerprint density at radius 2 is 1.84 bits per heavy atom. The molecular formula is C16H24N2O. The highest BCUT2D eigenvalue weighted by molar-refractivity contribution is 5.84. The predicted molar refractivity (Wildman–Crippen MR) is 78.5 cm³/mol. The first-order chi connectivity index (χ1) is 8.68. The SMILES string of the molecule is CC(NC(=O)C1C(C)(C)C1(C)C)c1cccc(N)c1. The first-order valence-electron chi connectivity index (χ1n) is 6.83. The van der Waals surface area contributed by atoms with Gasteiger partial charge in [-0.3, -0.25) is 4.79 Å². The molecule has 1 unspecified atom stereocenters. The van der Waals surface area contributed by atoms with Crippen molar-refractivity contribution in [1.29, 1.82) is 0 Å². The highest BCUT2D eigenvalue weighted by Gasteiger charge is 2.68. The minimum absolute atomic E-state index is 0.0109. The van der Waals surface area contributed by atoms with E-state index >= 15 is 0 Å². The fourth-order valence-electron chi connectivity index (χ4n) is 3.06. The zero-order valence-corrected chi connectivity index (χ0v) is 12.4. The van der Waals surface area contributed by atoms with Crippen LogP contribution >= 0.6 is 0 Å². The lowest BCUT2D eigenvalue weighted by atomic mass is 10.0. The molecule has 2 rings (SSSR count). The monoisotopic (exact) mass is 260 g/mol. The van der Waals surface area contributed by atoms with Crippen LogP contribution in [0.1, 0.15) is 46.2 Å². The molecule has 3 nitrogen and oxygen atoms in total. The van der Waals surface area contributed by atoms with Crippen molar-refractivity contribution in [1.82, 2.24) is 5.32 Å². The van der Waals surface area contributed by atoms with E-state index in [0.29, 0.717) is 0 Å². The maximum Gasteiger partial charge on any atom is 0.224 e.